The molecule has 1 fully saturated rings. The Bertz CT molecular complexity index is 1010. The Labute approximate surface area is 178 Å². The fourth-order valence-corrected chi connectivity index (χ4v) is 4.11. The molecule has 0 atom stereocenters. The zero-order chi connectivity index (χ0) is 20.8. The fourth-order valence-electron chi connectivity index (χ4n) is 4.11. The molecule has 4 nitrogen and oxygen atoms in total. The molecule has 0 aliphatic carbocycles. The molecular weight excluding hydrogens is 370 g/mol. The summed E-state index contributed by atoms with van der Waals surface area (Å²) >= 11 is 0. The van der Waals surface area contributed by atoms with Gasteiger partial charge in [-0.3, -0.25) is 9.48 Å². The Morgan fingerprint density at radius 2 is 1.63 bits per heavy atom. The van der Waals surface area contributed by atoms with Gasteiger partial charge in [0.2, 0.25) is 5.91 Å². The number of nitrogens with zero attached hydrogens (tertiary/aromatic N) is 3. The SMILES string of the molecule is C#CCCCC(=O)N1CCC(n2nc(-c3ccccc3)cc2-c2ccccc2)CC1. The third kappa shape index (κ3) is 4.46. The molecule has 4 rings (SSSR count). The summed E-state index contributed by atoms with van der Waals surface area (Å²) in [6.07, 6.45) is 9.11. The van der Waals surface area contributed by atoms with Crippen LogP contribution in [-0.4, -0.2) is 33.7 Å². The molecule has 1 aliphatic rings. The molecule has 1 amide bonds. The lowest BCUT2D eigenvalue weighted by Crippen LogP contribution is -2.39. The molecule has 152 valence electrons. The van der Waals surface area contributed by atoms with Crippen LogP contribution in [0, 0.1) is 12.3 Å². The van der Waals surface area contributed by atoms with Crippen LogP contribution in [0.5, 0.6) is 0 Å². The number of carbonyl (C=O) groups is 1. The van der Waals surface area contributed by atoms with Crippen LogP contribution in [0.25, 0.3) is 22.5 Å². The van der Waals surface area contributed by atoms with Crippen LogP contribution in [-0.2, 0) is 4.79 Å². The predicted octanol–water partition coefficient (Wildman–Crippen LogP) is 5.18. The zero-order valence-corrected chi connectivity index (χ0v) is 17.2. The van der Waals surface area contributed by atoms with E-state index in [1.54, 1.807) is 0 Å². The van der Waals surface area contributed by atoms with Gasteiger partial charge in [0.05, 0.1) is 17.4 Å². The maximum absolute atomic E-state index is 12.4. The van der Waals surface area contributed by atoms with Gasteiger partial charge < -0.3 is 4.90 Å². The number of benzene rings is 2. The molecule has 0 radical (unpaired) electrons. The Balaban J connectivity index is 1.54. The molecule has 30 heavy (non-hydrogen) atoms. The second-order valence-corrected chi connectivity index (χ2v) is 7.76. The number of terminal acetylenes is 1. The molecule has 0 unspecified atom stereocenters. The summed E-state index contributed by atoms with van der Waals surface area (Å²) in [4.78, 5) is 14.4. The lowest BCUT2D eigenvalue weighted by molar-refractivity contribution is -0.132. The van der Waals surface area contributed by atoms with Gasteiger partial charge >= 0.3 is 0 Å². The van der Waals surface area contributed by atoms with Gasteiger partial charge in [0.1, 0.15) is 0 Å². The molecule has 2 aromatic carbocycles. The first kappa shape index (κ1) is 20.0. The van der Waals surface area contributed by atoms with Crippen LogP contribution in [0.15, 0.2) is 66.7 Å². The molecule has 0 saturated carbocycles. The van der Waals surface area contributed by atoms with Gasteiger partial charge in [0, 0.05) is 31.5 Å². The van der Waals surface area contributed by atoms with Crippen LogP contribution in [0.4, 0.5) is 0 Å². The van der Waals surface area contributed by atoms with Crippen LogP contribution >= 0.6 is 0 Å². The number of hydrogen-bond donors (Lipinski definition) is 0. The minimum atomic E-state index is 0.220. The van der Waals surface area contributed by atoms with E-state index in [4.69, 9.17) is 11.5 Å². The Hall–Kier alpha value is -3.32. The van der Waals surface area contributed by atoms with Crippen molar-refractivity contribution in [2.24, 2.45) is 0 Å². The third-order valence-electron chi connectivity index (χ3n) is 5.75. The maximum Gasteiger partial charge on any atom is 0.222 e. The van der Waals surface area contributed by atoms with E-state index in [0.29, 0.717) is 12.8 Å². The molecule has 1 aromatic heterocycles. The van der Waals surface area contributed by atoms with Gasteiger partial charge in [-0.1, -0.05) is 60.7 Å². The van der Waals surface area contributed by atoms with E-state index in [2.05, 4.69) is 53.1 Å². The van der Waals surface area contributed by atoms with Crippen LogP contribution < -0.4 is 0 Å². The zero-order valence-electron chi connectivity index (χ0n) is 17.2. The van der Waals surface area contributed by atoms with Crippen LogP contribution in [0.1, 0.15) is 38.1 Å². The number of amides is 1. The standard InChI is InChI=1S/C26H27N3O/c1-2-3-6-15-26(30)28-18-16-23(17-19-28)29-25(22-13-9-5-10-14-22)20-24(27-29)21-11-7-4-8-12-21/h1,4-5,7-14,20,23H,3,6,15-19H2. The fraction of sp³-hybridized carbons (Fsp3) is 0.308. The number of piperidine rings is 1. The van der Waals surface area contributed by atoms with Crippen molar-refractivity contribution >= 4 is 5.91 Å². The lowest BCUT2D eigenvalue weighted by Gasteiger charge is -2.33. The Morgan fingerprint density at radius 1 is 1.00 bits per heavy atom. The predicted molar refractivity (Wildman–Crippen MR) is 121 cm³/mol. The molecule has 2 heterocycles. The highest BCUT2D eigenvalue weighted by Crippen LogP contribution is 2.32. The van der Waals surface area contributed by atoms with Crippen molar-refractivity contribution < 1.29 is 4.79 Å². The Kier molecular flexibility index (Phi) is 6.29. The van der Waals surface area contributed by atoms with E-state index in [1.807, 2.05) is 29.2 Å². The minimum absolute atomic E-state index is 0.220. The molecular formula is C26H27N3O. The molecule has 1 saturated heterocycles. The summed E-state index contributed by atoms with van der Waals surface area (Å²) in [5, 5.41) is 5.00. The first-order valence-electron chi connectivity index (χ1n) is 10.7. The van der Waals surface area contributed by atoms with Crippen molar-refractivity contribution in [3.8, 4) is 34.9 Å². The first-order chi connectivity index (χ1) is 14.8. The third-order valence-corrected chi connectivity index (χ3v) is 5.75. The number of hydrogen-bond acceptors (Lipinski definition) is 2. The van der Waals surface area contributed by atoms with Gasteiger partial charge in [-0.2, -0.15) is 5.10 Å². The Morgan fingerprint density at radius 3 is 2.27 bits per heavy atom. The van der Waals surface area contributed by atoms with Gasteiger partial charge in [-0.05, 0) is 30.9 Å². The summed E-state index contributed by atoms with van der Waals surface area (Å²) in [7, 11) is 0. The van der Waals surface area contributed by atoms with Gasteiger partial charge in [0.25, 0.3) is 0 Å². The monoisotopic (exact) mass is 397 g/mol. The van der Waals surface area contributed by atoms with Crippen molar-refractivity contribution in [2.75, 3.05) is 13.1 Å². The molecule has 0 spiro atoms. The van der Waals surface area contributed by atoms with Crippen molar-refractivity contribution in [1.29, 1.82) is 0 Å². The number of unbranched alkanes of at least 4 members (excludes halogenated alkanes) is 1. The lowest BCUT2D eigenvalue weighted by atomic mass is 10.0. The largest absolute Gasteiger partial charge is 0.343 e. The van der Waals surface area contributed by atoms with Crippen molar-refractivity contribution in [3.05, 3.63) is 66.7 Å². The highest BCUT2D eigenvalue weighted by atomic mass is 16.2. The summed E-state index contributed by atoms with van der Waals surface area (Å²) in [6, 6.07) is 23.2. The molecule has 3 aromatic rings. The smallest absolute Gasteiger partial charge is 0.222 e. The molecule has 1 aliphatic heterocycles. The summed E-state index contributed by atoms with van der Waals surface area (Å²) < 4.78 is 2.18. The van der Waals surface area contributed by atoms with E-state index in [-0.39, 0.29) is 11.9 Å². The summed E-state index contributed by atoms with van der Waals surface area (Å²) in [5.74, 6) is 2.83. The van der Waals surface area contributed by atoms with E-state index < -0.39 is 0 Å². The first-order valence-corrected chi connectivity index (χ1v) is 10.7. The minimum Gasteiger partial charge on any atom is -0.343 e. The topological polar surface area (TPSA) is 38.1 Å². The second-order valence-electron chi connectivity index (χ2n) is 7.76. The second kappa shape index (κ2) is 9.45. The number of carbonyl (C=O) groups excluding carboxylic acids is 1. The van der Waals surface area contributed by atoms with Gasteiger partial charge in [-0.15, -0.1) is 12.3 Å². The highest BCUT2D eigenvalue weighted by Gasteiger charge is 2.26. The van der Waals surface area contributed by atoms with Gasteiger partial charge in [0.15, 0.2) is 0 Å². The van der Waals surface area contributed by atoms with Crippen molar-refractivity contribution in [3.63, 3.8) is 0 Å². The quantitative estimate of drug-likeness (QED) is 0.424. The normalized spacial score (nSPS) is 14.4. The average molecular weight is 398 g/mol. The van der Waals surface area contributed by atoms with Crippen molar-refractivity contribution in [1.82, 2.24) is 14.7 Å². The number of likely N-dealkylation sites (tertiary alicyclic amines) is 1. The summed E-state index contributed by atoms with van der Waals surface area (Å²) in [6.45, 7) is 1.54. The van der Waals surface area contributed by atoms with E-state index >= 15 is 0 Å². The van der Waals surface area contributed by atoms with E-state index in [9.17, 15) is 4.79 Å². The maximum atomic E-state index is 12.4. The molecule has 0 N–H and O–H groups in total. The van der Waals surface area contributed by atoms with Crippen molar-refractivity contribution in [2.45, 2.75) is 38.1 Å². The number of aromatic nitrogens is 2. The van der Waals surface area contributed by atoms with E-state index in [0.717, 1.165) is 49.3 Å². The average Bonchev–Trinajstić information content (AvgIpc) is 3.26. The van der Waals surface area contributed by atoms with Gasteiger partial charge in [-0.25, -0.2) is 0 Å². The summed E-state index contributed by atoms with van der Waals surface area (Å²) in [5.41, 5.74) is 4.41. The highest BCUT2D eigenvalue weighted by molar-refractivity contribution is 5.76. The van der Waals surface area contributed by atoms with Crippen LogP contribution in [0.3, 0.4) is 0 Å². The number of rotatable bonds is 6. The molecule has 0 bridgehead atoms. The van der Waals surface area contributed by atoms with Crippen LogP contribution in [0.2, 0.25) is 0 Å². The van der Waals surface area contributed by atoms with E-state index in [1.165, 1.54) is 5.56 Å². The molecule has 4 heteroatoms.